The average molecular weight is 614 g/mol. The average Bonchev–Trinajstić information content (AvgIpc) is 3.44. The Morgan fingerprint density at radius 1 is 0.333 bits per heavy atom. The summed E-state index contributed by atoms with van der Waals surface area (Å²) in [5, 5.41) is 7.63. The molecule has 228 valence electrons. The van der Waals surface area contributed by atoms with Gasteiger partial charge in [-0.1, -0.05) is 139 Å². The van der Waals surface area contributed by atoms with Gasteiger partial charge in [-0.05, 0) is 111 Å². The minimum Gasteiger partial charge on any atom is -0.309 e. The molecule has 1 nitrogen and oxygen atoms in total. The number of para-hydroxylation sites is 1. The summed E-state index contributed by atoms with van der Waals surface area (Å²) in [6.45, 7) is 6.65. The van der Waals surface area contributed by atoms with Crippen molar-refractivity contribution >= 4 is 43.4 Å². The highest BCUT2D eigenvalue weighted by molar-refractivity contribution is 6.22. The SMILES string of the molecule is Cc1cc(C)c(-n2c3ccccc3c3cc(-c4ccc5c(-c6ccccc6)c6ccccc6c(-c6ccccc6)c5c4)ccc32)c(C)c1. The molecular weight excluding hydrogens is 579 g/mol. The van der Waals surface area contributed by atoms with Gasteiger partial charge in [0.15, 0.2) is 0 Å². The summed E-state index contributed by atoms with van der Waals surface area (Å²) in [5.74, 6) is 0. The van der Waals surface area contributed by atoms with Gasteiger partial charge in [-0.25, -0.2) is 0 Å². The Bertz CT molecular complexity index is 2650. The monoisotopic (exact) mass is 613 g/mol. The van der Waals surface area contributed by atoms with Crippen LogP contribution in [0.5, 0.6) is 0 Å². The molecule has 1 aromatic heterocycles. The second-order valence-corrected chi connectivity index (χ2v) is 13.1. The molecule has 0 aliphatic heterocycles. The molecule has 0 bridgehead atoms. The first-order chi connectivity index (χ1) is 23.6. The van der Waals surface area contributed by atoms with Crippen molar-refractivity contribution in [2.24, 2.45) is 0 Å². The largest absolute Gasteiger partial charge is 0.309 e. The maximum atomic E-state index is 2.46. The predicted octanol–water partition coefficient (Wildman–Crippen LogP) is 13.0. The zero-order valence-electron chi connectivity index (χ0n) is 27.5. The molecule has 1 heterocycles. The standard InChI is InChI=1S/C47H35N/c1-30-26-31(2)47(32(3)27-30)48-43-21-13-12-18-37(43)41-28-36(23-25-44(41)48)35-22-24-40-42(29-35)46(34-16-8-5-9-17-34)39-20-11-10-19-38(39)45(40)33-14-6-4-7-15-33/h4-29H,1-3H3. The highest BCUT2D eigenvalue weighted by atomic mass is 15.0. The number of hydrogen-bond donors (Lipinski definition) is 0. The van der Waals surface area contributed by atoms with Gasteiger partial charge in [-0.15, -0.1) is 0 Å². The molecule has 0 aliphatic rings. The van der Waals surface area contributed by atoms with Gasteiger partial charge < -0.3 is 4.57 Å². The van der Waals surface area contributed by atoms with Gasteiger partial charge in [-0.3, -0.25) is 0 Å². The van der Waals surface area contributed by atoms with Crippen LogP contribution in [-0.2, 0) is 0 Å². The van der Waals surface area contributed by atoms with E-state index >= 15 is 0 Å². The second kappa shape index (κ2) is 11.1. The lowest BCUT2D eigenvalue weighted by Crippen LogP contribution is -2.00. The quantitative estimate of drug-likeness (QED) is 0.174. The topological polar surface area (TPSA) is 4.93 Å². The number of fused-ring (bicyclic) bond motifs is 5. The van der Waals surface area contributed by atoms with Crippen LogP contribution in [-0.4, -0.2) is 4.57 Å². The normalized spacial score (nSPS) is 11.6. The van der Waals surface area contributed by atoms with Gasteiger partial charge >= 0.3 is 0 Å². The van der Waals surface area contributed by atoms with E-state index in [2.05, 4.69) is 183 Å². The Balaban J connectivity index is 1.33. The molecule has 8 aromatic carbocycles. The van der Waals surface area contributed by atoms with Crippen LogP contribution >= 0.6 is 0 Å². The molecule has 0 saturated carbocycles. The van der Waals surface area contributed by atoms with Crippen molar-refractivity contribution in [2.75, 3.05) is 0 Å². The Morgan fingerprint density at radius 2 is 0.792 bits per heavy atom. The van der Waals surface area contributed by atoms with E-state index < -0.39 is 0 Å². The third-order valence-corrected chi connectivity index (χ3v) is 10.0. The van der Waals surface area contributed by atoms with Crippen molar-refractivity contribution in [3.05, 3.63) is 174 Å². The van der Waals surface area contributed by atoms with Crippen LogP contribution in [0, 0.1) is 20.8 Å². The molecule has 9 aromatic rings. The van der Waals surface area contributed by atoms with Gasteiger partial charge in [0.2, 0.25) is 0 Å². The van der Waals surface area contributed by atoms with Gasteiger partial charge in [0.1, 0.15) is 0 Å². The van der Waals surface area contributed by atoms with E-state index in [1.54, 1.807) is 0 Å². The van der Waals surface area contributed by atoms with Crippen molar-refractivity contribution in [1.29, 1.82) is 0 Å². The number of benzene rings is 8. The van der Waals surface area contributed by atoms with Crippen LogP contribution in [0.2, 0.25) is 0 Å². The van der Waals surface area contributed by atoms with Crippen LogP contribution < -0.4 is 0 Å². The lowest BCUT2D eigenvalue weighted by atomic mass is 9.85. The summed E-state index contributed by atoms with van der Waals surface area (Å²) < 4.78 is 2.46. The van der Waals surface area contributed by atoms with Crippen LogP contribution in [0.3, 0.4) is 0 Å². The Labute approximate surface area is 281 Å². The molecule has 0 spiro atoms. The van der Waals surface area contributed by atoms with Crippen LogP contribution in [0.4, 0.5) is 0 Å². The third kappa shape index (κ3) is 4.39. The molecule has 0 saturated heterocycles. The fraction of sp³-hybridized carbons (Fsp3) is 0.0638. The molecule has 0 atom stereocenters. The summed E-state index contributed by atoms with van der Waals surface area (Å²) in [4.78, 5) is 0. The number of rotatable bonds is 4. The van der Waals surface area contributed by atoms with E-state index in [1.165, 1.54) is 99.1 Å². The molecule has 9 rings (SSSR count). The van der Waals surface area contributed by atoms with Crippen molar-refractivity contribution in [1.82, 2.24) is 4.57 Å². The van der Waals surface area contributed by atoms with E-state index in [9.17, 15) is 0 Å². The van der Waals surface area contributed by atoms with E-state index in [0.717, 1.165) is 0 Å². The highest BCUT2D eigenvalue weighted by Gasteiger charge is 2.19. The fourth-order valence-electron chi connectivity index (χ4n) is 8.11. The lowest BCUT2D eigenvalue weighted by molar-refractivity contribution is 1.11. The first-order valence-electron chi connectivity index (χ1n) is 16.8. The van der Waals surface area contributed by atoms with Gasteiger partial charge in [0, 0.05) is 10.8 Å². The molecule has 0 fully saturated rings. The Kier molecular flexibility index (Phi) is 6.55. The van der Waals surface area contributed by atoms with Crippen molar-refractivity contribution < 1.29 is 0 Å². The number of aromatic nitrogens is 1. The zero-order valence-corrected chi connectivity index (χ0v) is 27.5. The fourth-order valence-corrected chi connectivity index (χ4v) is 8.11. The smallest absolute Gasteiger partial charge is 0.0541 e. The molecule has 1 heteroatoms. The Hall–Kier alpha value is -5.92. The minimum atomic E-state index is 1.22. The van der Waals surface area contributed by atoms with Gasteiger partial charge in [0.05, 0.1) is 16.7 Å². The van der Waals surface area contributed by atoms with E-state index in [-0.39, 0.29) is 0 Å². The Morgan fingerprint density at radius 3 is 1.42 bits per heavy atom. The van der Waals surface area contributed by atoms with Crippen molar-refractivity contribution in [2.45, 2.75) is 20.8 Å². The maximum Gasteiger partial charge on any atom is 0.0541 e. The molecule has 0 amide bonds. The third-order valence-electron chi connectivity index (χ3n) is 10.0. The summed E-state index contributed by atoms with van der Waals surface area (Å²) in [6, 6.07) is 58.1. The summed E-state index contributed by atoms with van der Waals surface area (Å²) in [7, 11) is 0. The number of aryl methyl sites for hydroxylation is 3. The summed E-state index contributed by atoms with van der Waals surface area (Å²) in [6.07, 6.45) is 0. The van der Waals surface area contributed by atoms with Crippen LogP contribution in [0.1, 0.15) is 16.7 Å². The predicted molar refractivity (Wildman–Crippen MR) is 206 cm³/mol. The number of hydrogen-bond acceptors (Lipinski definition) is 0. The summed E-state index contributed by atoms with van der Waals surface area (Å²) in [5.41, 5.74) is 15.1. The van der Waals surface area contributed by atoms with Crippen molar-refractivity contribution in [3.63, 3.8) is 0 Å². The molecule has 0 N–H and O–H groups in total. The highest BCUT2D eigenvalue weighted by Crippen LogP contribution is 2.45. The summed E-state index contributed by atoms with van der Waals surface area (Å²) >= 11 is 0. The molecule has 0 aliphatic carbocycles. The maximum absolute atomic E-state index is 2.46. The minimum absolute atomic E-state index is 1.22. The lowest BCUT2D eigenvalue weighted by Gasteiger charge is -2.19. The van der Waals surface area contributed by atoms with Crippen molar-refractivity contribution in [3.8, 4) is 39.1 Å². The second-order valence-electron chi connectivity index (χ2n) is 13.1. The molecular formula is C47H35N. The first-order valence-corrected chi connectivity index (χ1v) is 16.8. The number of nitrogens with zero attached hydrogens (tertiary/aromatic N) is 1. The molecule has 48 heavy (non-hydrogen) atoms. The zero-order chi connectivity index (χ0) is 32.4. The van der Waals surface area contributed by atoms with E-state index in [1.807, 2.05) is 0 Å². The van der Waals surface area contributed by atoms with Crippen LogP contribution in [0.15, 0.2) is 158 Å². The molecule has 0 unspecified atom stereocenters. The molecule has 0 radical (unpaired) electrons. The van der Waals surface area contributed by atoms with E-state index in [4.69, 9.17) is 0 Å². The first kappa shape index (κ1) is 28.3. The van der Waals surface area contributed by atoms with Gasteiger partial charge in [0.25, 0.3) is 0 Å². The van der Waals surface area contributed by atoms with Gasteiger partial charge in [-0.2, -0.15) is 0 Å². The van der Waals surface area contributed by atoms with E-state index in [0.29, 0.717) is 0 Å². The van der Waals surface area contributed by atoms with Crippen LogP contribution in [0.25, 0.3) is 82.4 Å².